The van der Waals surface area contributed by atoms with Crippen molar-refractivity contribution in [1.29, 1.82) is 0 Å². The maximum atomic E-state index is 9.99. The number of pyridine rings is 1. The summed E-state index contributed by atoms with van der Waals surface area (Å²) in [6.07, 6.45) is 0. The van der Waals surface area contributed by atoms with Crippen LogP contribution in [0.1, 0.15) is 0 Å². The Bertz CT molecular complexity index is 983. The molecule has 0 aliphatic rings. The summed E-state index contributed by atoms with van der Waals surface area (Å²) in [6, 6.07) is 14.5. The number of aromatic hydroxyl groups is 1. The second-order valence-corrected chi connectivity index (χ2v) is 5.38. The Balaban J connectivity index is 1.81. The number of nitrogens with zero attached hydrogens (tertiary/aromatic N) is 4. The first kappa shape index (κ1) is 13.7. The molecule has 0 saturated heterocycles. The number of phenolic OH excluding ortho intramolecular Hbond substituents is 1. The second-order valence-electron chi connectivity index (χ2n) is 4.98. The number of halogens is 1. The summed E-state index contributed by atoms with van der Waals surface area (Å²) < 4.78 is 0. The van der Waals surface area contributed by atoms with Gasteiger partial charge in [-0.25, -0.2) is 4.98 Å². The molecule has 7 heteroatoms. The highest BCUT2D eigenvalue weighted by Gasteiger charge is 2.10. The van der Waals surface area contributed by atoms with Crippen molar-refractivity contribution in [2.45, 2.75) is 0 Å². The maximum absolute atomic E-state index is 9.99. The molecular weight excluding hydrogens is 314 g/mol. The lowest BCUT2D eigenvalue weighted by Crippen LogP contribution is -1.88. The highest BCUT2D eigenvalue weighted by Crippen LogP contribution is 2.32. The Morgan fingerprint density at radius 1 is 1.00 bits per heavy atom. The van der Waals surface area contributed by atoms with E-state index in [9.17, 15) is 5.11 Å². The number of aromatic amines is 1. The van der Waals surface area contributed by atoms with Gasteiger partial charge in [0.15, 0.2) is 0 Å². The van der Waals surface area contributed by atoms with E-state index in [-0.39, 0.29) is 5.75 Å². The van der Waals surface area contributed by atoms with Crippen LogP contribution < -0.4 is 0 Å². The zero-order valence-corrected chi connectivity index (χ0v) is 12.5. The van der Waals surface area contributed by atoms with Crippen molar-refractivity contribution < 1.29 is 5.11 Å². The number of tetrazole rings is 1. The van der Waals surface area contributed by atoms with E-state index in [0.717, 1.165) is 16.5 Å². The van der Waals surface area contributed by atoms with E-state index in [0.29, 0.717) is 22.1 Å². The zero-order chi connectivity index (χ0) is 15.8. The number of nitrogens with one attached hydrogen (secondary N) is 1. The quantitative estimate of drug-likeness (QED) is 0.590. The molecule has 4 aromatic rings. The summed E-state index contributed by atoms with van der Waals surface area (Å²) >= 11 is 6.31. The summed E-state index contributed by atoms with van der Waals surface area (Å²) in [7, 11) is 0. The van der Waals surface area contributed by atoms with E-state index < -0.39 is 0 Å². The van der Waals surface area contributed by atoms with Gasteiger partial charge in [-0.3, -0.25) is 0 Å². The number of H-pyrrole nitrogens is 1. The third-order valence-corrected chi connectivity index (χ3v) is 3.86. The van der Waals surface area contributed by atoms with Gasteiger partial charge in [-0.05, 0) is 17.3 Å². The summed E-state index contributed by atoms with van der Waals surface area (Å²) in [6.45, 7) is 0. The van der Waals surface area contributed by atoms with Gasteiger partial charge in [0.05, 0.1) is 10.7 Å². The lowest BCUT2D eigenvalue weighted by Gasteiger charge is -2.07. The molecule has 2 heterocycles. The Labute approximate surface area is 135 Å². The van der Waals surface area contributed by atoms with Gasteiger partial charge in [0, 0.05) is 16.5 Å². The molecule has 2 aromatic carbocycles. The van der Waals surface area contributed by atoms with Crippen molar-refractivity contribution in [3.63, 3.8) is 0 Å². The van der Waals surface area contributed by atoms with Crippen LogP contribution in [0.3, 0.4) is 0 Å². The first-order valence-corrected chi connectivity index (χ1v) is 7.22. The van der Waals surface area contributed by atoms with E-state index >= 15 is 0 Å². The molecule has 0 amide bonds. The molecular formula is C16H10ClN5O. The van der Waals surface area contributed by atoms with Gasteiger partial charge in [0.2, 0.25) is 5.82 Å². The molecule has 0 spiro atoms. The zero-order valence-electron chi connectivity index (χ0n) is 11.7. The van der Waals surface area contributed by atoms with E-state index in [1.807, 2.05) is 30.3 Å². The van der Waals surface area contributed by atoms with E-state index in [1.165, 1.54) is 0 Å². The Kier molecular flexibility index (Phi) is 3.17. The van der Waals surface area contributed by atoms with Crippen LogP contribution in [0.15, 0.2) is 48.5 Å². The number of aromatic nitrogens is 5. The fourth-order valence-electron chi connectivity index (χ4n) is 2.41. The lowest BCUT2D eigenvalue weighted by molar-refractivity contribution is 0.480. The largest absolute Gasteiger partial charge is 0.506 e. The smallest absolute Gasteiger partial charge is 0.204 e. The highest BCUT2D eigenvalue weighted by atomic mass is 35.5. The first-order chi connectivity index (χ1) is 11.2. The number of fused-ring (bicyclic) bond motifs is 1. The topological polar surface area (TPSA) is 87.6 Å². The SMILES string of the molecule is Oc1cccc2c(Cl)cc(-c3ccc(-c4nn[nH]n4)cc3)nc12. The van der Waals surface area contributed by atoms with Crippen molar-refractivity contribution >= 4 is 22.5 Å². The predicted octanol–water partition coefficient (Wildman–Crippen LogP) is 3.44. The minimum absolute atomic E-state index is 0.106. The number of rotatable bonds is 2. The number of para-hydroxylation sites is 1. The van der Waals surface area contributed by atoms with Gasteiger partial charge in [0.25, 0.3) is 0 Å². The monoisotopic (exact) mass is 323 g/mol. The van der Waals surface area contributed by atoms with Crippen LogP contribution in [0.5, 0.6) is 5.75 Å². The van der Waals surface area contributed by atoms with Crippen LogP contribution in [0.2, 0.25) is 5.02 Å². The van der Waals surface area contributed by atoms with Crippen LogP contribution in [-0.2, 0) is 0 Å². The van der Waals surface area contributed by atoms with Gasteiger partial charge in [-0.2, -0.15) is 5.21 Å². The fourth-order valence-corrected chi connectivity index (χ4v) is 2.67. The molecule has 0 unspecified atom stereocenters. The summed E-state index contributed by atoms with van der Waals surface area (Å²) in [4.78, 5) is 4.51. The van der Waals surface area contributed by atoms with Crippen LogP contribution >= 0.6 is 11.6 Å². The molecule has 4 rings (SSSR count). The summed E-state index contributed by atoms with van der Waals surface area (Å²) in [5.41, 5.74) is 2.89. The van der Waals surface area contributed by atoms with Crippen LogP contribution in [0.25, 0.3) is 33.5 Å². The standard InChI is InChI=1S/C16H10ClN5O/c17-12-8-13(18-15-11(12)2-1-3-14(15)23)9-4-6-10(7-5-9)16-19-21-22-20-16/h1-8,23H,(H,19,20,21,22). The average molecular weight is 324 g/mol. The Morgan fingerprint density at radius 2 is 1.78 bits per heavy atom. The Hall–Kier alpha value is -2.99. The van der Waals surface area contributed by atoms with Crippen LogP contribution in [0, 0.1) is 0 Å². The van der Waals surface area contributed by atoms with Crippen molar-refractivity contribution in [1.82, 2.24) is 25.6 Å². The van der Waals surface area contributed by atoms with Gasteiger partial charge >= 0.3 is 0 Å². The molecule has 23 heavy (non-hydrogen) atoms. The summed E-state index contributed by atoms with van der Waals surface area (Å²) in [5.74, 6) is 0.633. The number of benzene rings is 2. The Morgan fingerprint density at radius 3 is 2.52 bits per heavy atom. The van der Waals surface area contributed by atoms with Crippen LogP contribution in [0.4, 0.5) is 0 Å². The van der Waals surface area contributed by atoms with E-state index in [2.05, 4.69) is 25.6 Å². The molecule has 2 N–H and O–H groups in total. The second kappa shape index (κ2) is 5.33. The van der Waals surface area contributed by atoms with Crippen molar-refractivity contribution in [3.8, 4) is 28.4 Å². The van der Waals surface area contributed by atoms with Gasteiger partial charge in [0.1, 0.15) is 11.3 Å². The molecule has 0 atom stereocenters. The molecule has 0 bridgehead atoms. The minimum atomic E-state index is 0.106. The number of hydrogen-bond donors (Lipinski definition) is 2. The molecule has 0 saturated carbocycles. The normalized spacial score (nSPS) is 11.0. The lowest BCUT2D eigenvalue weighted by atomic mass is 10.1. The van der Waals surface area contributed by atoms with Crippen molar-refractivity contribution in [2.24, 2.45) is 0 Å². The average Bonchev–Trinajstić information content (AvgIpc) is 3.10. The van der Waals surface area contributed by atoms with Crippen molar-refractivity contribution in [3.05, 3.63) is 53.6 Å². The molecule has 6 nitrogen and oxygen atoms in total. The molecule has 0 aliphatic heterocycles. The van der Waals surface area contributed by atoms with Crippen LogP contribution in [-0.4, -0.2) is 30.7 Å². The molecule has 0 aliphatic carbocycles. The molecule has 2 aromatic heterocycles. The van der Waals surface area contributed by atoms with E-state index in [1.54, 1.807) is 18.2 Å². The third-order valence-electron chi connectivity index (χ3n) is 3.55. The van der Waals surface area contributed by atoms with Crippen molar-refractivity contribution in [2.75, 3.05) is 0 Å². The highest BCUT2D eigenvalue weighted by molar-refractivity contribution is 6.35. The summed E-state index contributed by atoms with van der Waals surface area (Å²) in [5, 5.41) is 25.1. The third kappa shape index (κ3) is 2.39. The minimum Gasteiger partial charge on any atom is -0.506 e. The maximum Gasteiger partial charge on any atom is 0.204 e. The molecule has 0 fully saturated rings. The first-order valence-electron chi connectivity index (χ1n) is 6.85. The van der Waals surface area contributed by atoms with Gasteiger partial charge in [-0.15, -0.1) is 10.2 Å². The predicted molar refractivity (Wildman–Crippen MR) is 87.0 cm³/mol. The molecule has 0 radical (unpaired) electrons. The molecule has 112 valence electrons. The number of hydrogen-bond acceptors (Lipinski definition) is 5. The van der Waals surface area contributed by atoms with E-state index in [4.69, 9.17) is 11.6 Å². The number of phenols is 1. The van der Waals surface area contributed by atoms with Gasteiger partial charge < -0.3 is 5.11 Å². The van der Waals surface area contributed by atoms with Gasteiger partial charge in [-0.1, -0.05) is 48.0 Å². The fraction of sp³-hybridized carbons (Fsp3) is 0.